The highest BCUT2D eigenvalue weighted by Crippen LogP contribution is 2.39. The molecule has 1 aliphatic heterocycles. The number of para-hydroxylation sites is 1. The van der Waals surface area contributed by atoms with Crippen molar-refractivity contribution in [2.75, 3.05) is 22.2 Å². The van der Waals surface area contributed by atoms with Crippen molar-refractivity contribution in [1.29, 1.82) is 5.41 Å². The van der Waals surface area contributed by atoms with Gasteiger partial charge in [0.25, 0.3) is 0 Å². The molecule has 36 heavy (non-hydrogen) atoms. The van der Waals surface area contributed by atoms with Crippen molar-refractivity contribution in [1.82, 2.24) is 9.97 Å². The van der Waals surface area contributed by atoms with E-state index in [0.717, 1.165) is 22.9 Å². The van der Waals surface area contributed by atoms with Gasteiger partial charge in [-0.05, 0) is 42.3 Å². The quantitative estimate of drug-likeness (QED) is 0.321. The molecule has 0 spiro atoms. The van der Waals surface area contributed by atoms with Gasteiger partial charge < -0.3 is 21.8 Å². The zero-order valence-electron chi connectivity index (χ0n) is 19.9. The van der Waals surface area contributed by atoms with Crippen LogP contribution in [-0.4, -0.2) is 29.4 Å². The molecule has 0 saturated carbocycles. The maximum atomic E-state index is 15.0. The summed E-state index contributed by atoms with van der Waals surface area (Å²) in [5.41, 5.74) is 17.8. The number of halogens is 1. The lowest BCUT2D eigenvalue weighted by Crippen LogP contribution is -2.33. The van der Waals surface area contributed by atoms with Crippen LogP contribution in [0.25, 0.3) is 11.8 Å². The number of nitrogen functional groups attached to an aromatic ring is 1. The Bertz CT molecular complexity index is 1410. The highest BCUT2D eigenvalue weighted by molar-refractivity contribution is 5.92. The van der Waals surface area contributed by atoms with E-state index in [1.807, 2.05) is 31.2 Å². The highest BCUT2D eigenvalue weighted by Gasteiger charge is 2.28. The number of hydrogen-bond acceptors (Lipinski definition) is 8. The van der Waals surface area contributed by atoms with Crippen molar-refractivity contribution >= 4 is 42.0 Å². The third-order valence-electron chi connectivity index (χ3n) is 5.93. The highest BCUT2D eigenvalue weighted by atomic mass is 19.1. The number of hydrogen-bond donors (Lipinski definition) is 3. The van der Waals surface area contributed by atoms with Gasteiger partial charge in [0, 0.05) is 47.6 Å². The summed E-state index contributed by atoms with van der Waals surface area (Å²) >= 11 is 0. The lowest BCUT2D eigenvalue weighted by molar-refractivity contribution is 0.627. The van der Waals surface area contributed by atoms with Crippen LogP contribution in [0.2, 0.25) is 0 Å². The number of aryl methyl sites for hydroxylation is 1. The molecule has 0 saturated heterocycles. The predicted molar refractivity (Wildman–Crippen MR) is 145 cm³/mol. The molecule has 0 fully saturated rings. The van der Waals surface area contributed by atoms with E-state index in [2.05, 4.69) is 28.4 Å². The van der Waals surface area contributed by atoms with Gasteiger partial charge in [0.05, 0.1) is 12.2 Å². The molecule has 0 atom stereocenters. The van der Waals surface area contributed by atoms with Crippen LogP contribution in [0.4, 0.5) is 21.7 Å². The number of aromatic nitrogens is 2. The SMILES string of the molecule is C=NN(CC1=Cc2cccc(C)c2C(=C)N1c1ccccc1F)c1ncnc(N)c1C/C(N)=C/C=N. The first kappa shape index (κ1) is 24.3. The maximum Gasteiger partial charge on any atom is 0.158 e. The van der Waals surface area contributed by atoms with E-state index >= 15 is 4.39 Å². The van der Waals surface area contributed by atoms with Gasteiger partial charge in [-0.25, -0.2) is 19.4 Å². The summed E-state index contributed by atoms with van der Waals surface area (Å²) in [6.45, 7) is 10.2. The fourth-order valence-corrected chi connectivity index (χ4v) is 4.31. The molecule has 0 bridgehead atoms. The molecule has 182 valence electrons. The monoisotopic (exact) mass is 482 g/mol. The minimum Gasteiger partial charge on any atom is -0.402 e. The first-order chi connectivity index (χ1) is 17.3. The first-order valence-corrected chi connectivity index (χ1v) is 11.2. The van der Waals surface area contributed by atoms with Crippen molar-refractivity contribution in [2.24, 2.45) is 10.8 Å². The lowest BCUT2D eigenvalue weighted by Gasteiger charge is -2.36. The Balaban J connectivity index is 1.83. The second-order valence-electron chi connectivity index (χ2n) is 8.25. The number of fused-ring (bicyclic) bond motifs is 1. The number of hydrazone groups is 1. The van der Waals surface area contributed by atoms with Gasteiger partial charge in [-0.1, -0.05) is 36.9 Å². The van der Waals surface area contributed by atoms with E-state index < -0.39 is 0 Å². The number of nitrogens with zero attached hydrogens (tertiary/aromatic N) is 5. The van der Waals surface area contributed by atoms with Crippen molar-refractivity contribution in [3.63, 3.8) is 0 Å². The molecule has 1 aliphatic rings. The molecule has 0 amide bonds. The minimum absolute atomic E-state index is 0.182. The van der Waals surface area contributed by atoms with Crippen LogP contribution >= 0.6 is 0 Å². The molecule has 0 radical (unpaired) electrons. The van der Waals surface area contributed by atoms with Crippen LogP contribution in [0.3, 0.4) is 0 Å². The molecule has 2 heterocycles. The fourth-order valence-electron chi connectivity index (χ4n) is 4.31. The van der Waals surface area contributed by atoms with E-state index in [4.69, 9.17) is 16.9 Å². The summed E-state index contributed by atoms with van der Waals surface area (Å²) in [6.07, 6.45) is 6.10. The largest absolute Gasteiger partial charge is 0.402 e. The zero-order chi connectivity index (χ0) is 25.8. The van der Waals surface area contributed by atoms with Crippen LogP contribution in [-0.2, 0) is 6.42 Å². The van der Waals surface area contributed by atoms with Crippen LogP contribution in [0, 0.1) is 18.2 Å². The molecule has 1 aromatic heterocycles. The molecule has 9 heteroatoms. The van der Waals surface area contributed by atoms with E-state index in [1.165, 1.54) is 18.5 Å². The average molecular weight is 483 g/mol. The van der Waals surface area contributed by atoms with Crippen LogP contribution in [0.15, 0.2) is 77.9 Å². The van der Waals surface area contributed by atoms with Crippen molar-refractivity contribution in [3.05, 3.63) is 101 Å². The van der Waals surface area contributed by atoms with Gasteiger partial charge in [-0.2, -0.15) is 5.10 Å². The number of allylic oxidation sites excluding steroid dienone is 2. The van der Waals surface area contributed by atoms with Crippen molar-refractivity contribution in [2.45, 2.75) is 13.3 Å². The summed E-state index contributed by atoms with van der Waals surface area (Å²) in [7, 11) is 0. The smallest absolute Gasteiger partial charge is 0.158 e. The molecular formula is C27H27FN8. The second-order valence-corrected chi connectivity index (χ2v) is 8.25. The summed E-state index contributed by atoms with van der Waals surface area (Å²) in [4.78, 5) is 10.3. The average Bonchev–Trinajstić information content (AvgIpc) is 2.85. The van der Waals surface area contributed by atoms with E-state index in [0.29, 0.717) is 34.2 Å². The predicted octanol–water partition coefficient (Wildman–Crippen LogP) is 4.49. The molecular weight excluding hydrogens is 455 g/mol. The summed E-state index contributed by atoms with van der Waals surface area (Å²) in [5.74, 6) is 0.272. The minimum atomic E-state index is -0.378. The molecule has 8 nitrogen and oxygen atoms in total. The van der Waals surface area contributed by atoms with Gasteiger partial charge in [0.1, 0.15) is 18.0 Å². The number of benzene rings is 2. The second kappa shape index (κ2) is 10.2. The number of nitrogens with one attached hydrogen (secondary N) is 1. The van der Waals surface area contributed by atoms with E-state index in [1.54, 1.807) is 28.1 Å². The Morgan fingerprint density at radius 2 is 2.00 bits per heavy atom. The summed E-state index contributed by atoms with van der Waals surface area (Å²) in [5, 5.41) is 13.0. The Morgan fingerprint density at radius 1 is 1.22 bits per heavy atom. The number of anilines is 3. The first-order valence-electron chi connectivity index (χ1n) is 11.2. The Hall–Kier alpha value is -4.79. The van der Waals surface area contributed by atoms with E-state index in [-0.39, 0.29) is 24.6 Å². The normalized spacial score (nSPS) is 13.2. The molecule has 2 aromatic carbocycles. The van der Waals surface area contributed by atoms with Crippen LogP contribution < -0.4 is 21.4 Å². The third-order valence-corrected chi connectivity index (χ3v) is 5.93. The lowest BCUT2D eigenvalue weighted by atomic mass is 9.93. The van der Waals surface area contributed by atoms with Gasteiger partial charge >= 0.3 is 0 Å². The number of nitrogens with two attached hydrogens (primary N) is 2. The fraction of sp³-hybridized carbons (Fsp3) is 0.111. The van der Waals surface area contributed by atoms with Gasteiger partial charge in [-0.3, -0.25) is 0 Å². The third kappa shape index (κ3) is 4.58. The Kier molecular flexibility index (Phi) is 6.91. The van der Waals surface area contributed by atoms with Gasteiger partial charge in [0.15, 0.2) is 5.82 Å². The van der Waals surface area contributed by atoms with Crippen molar-refractivity contribution in [3.8, 4) is 0 Å². The van der Waals surface area contributed by atoms with Gasteiger partial charge in [-0.15, -0.1) is 0 Å². The standard InChI is InChI=1S/C27H27FN8/c1-17-7-6-8-19-13-21(36(18(2)25(17)19)24-10-5-4-9-23(24)28)15-35(32-3)27-22(14-20(30)11-12-29)26(31)33-16-34-27/h4-13,16,29H,2-3,14-15,30H2,1H3,(H2,31,33,34)/b20-11-,29-12?. The molecule has 0 unspecified atom stereocenters. The van der Waals surface area contributed by atoms with E-state index in [9.17, 15) is 0 Å². The molecule has 3 aromatic rings. The number of rotatable bonds is 8. The van der Waals surface area contributed by atoms with Gasteiger partial charge in [0.2, 0.25) is 0 Å². The topological polar surface area (TPSA) is 121 Å². The molecule has 5 N–H and O–H groups in total. The Morgan fingerprint density at radius 3 is 2.72 bits per heavy atom. The Labute approximate surface area is 209 Å². The summed E-state index contributed by atoms with van der Waals surface area (Å²) in [6, 6.07) is 12.5. The molecule has 4 rings (SSSR count). The van der Waals surface area contributed by atoms with Crippen molar-refractivity contribution < 1.29 is 4.39 Å². The summed E-state index contributed by atoms with van der Waals surface area (Å²) < 4.78 is 15.0. The molecule has 0 aliphatic carbocycles. The van der Waals surface area contributed by atoms with Crippen LogP contribution in [0.5, 0.6) is 0 Å². The van der Waals surface area contributed by atoms with Crippen LogP contribution in [0.1, 0.15) is 22.3 Å². The zero-order valence-corrected chi connectivity index (χ0v) is 19.9. The maximum absolute atomic E-state index is 15.0.